The van der Waals surface area contributed by atoms with Crippen molar-refractivity contribution >= 4 is 22.8 Å². The fourth-order valence-electron chi connectivity index (χ4n) is 4.40. The molecular weight excluding hydrogens is 471 g/mol. The first kappa shape index (κ1) is 31.3. The van der Waals surface area contributed by atoms with Crippen molar-refractivity contribution < 1.29 is 16.5 Å². The quantitative estimate of drug-likeness (QED) is 0.127. The molecule has 0 aliphatic carbocycles. The van der Waals surface area contributed by atoms with E-state index in [1.807, 2.05) is 0 Å². The Morgan fingerprint density at radius 1 is 0.571 bits per heavy atom. The maximum atomic E-state index is 5.28. The predicted molar refractivity (Wildman–Crippen MR) is 153 cm³/mol. The van der Waals surface area contributed by atoms with E-state index in [1.54, 1.807) is 0 Å². The summed E-state index contributed by atoms with van der Waals surface area (Å²) in [4.78, 5) is 10.5. The van der Waals surface area contributed by atoms with Crippen LogP contribution in [0.5, 0.6) is 0 Å². The van der Waals surface area contributed by atoms with Crippen LogP contribution in [0, 0.1) is 13.8 Å². The number of aryl methyl sites for hydroxylation is 4. The average Bonchev–Trinajstić information content (AvgIpc) is 2.83. The third-order valence-corrected chi connectivity index (χ3v) is 6.61. The van der Waals surface area contributed by atoms with Crippen LogP contribution in [0.2, 0.25) is 0 Å². The van der Waals surface area contributed by atoms with Gasteiger partial charge >= 0.3 is 0 Å². The second-order valence-corrected chi connectivity index (χ2v) is 9.75. The number of rotatable bonds is 15. The Labute approximate surface area is 226 Å². The molecule has 0 saturated carbocycles. The third-order valence-electron chi connectivity index (χ3n) is 6.61. The van der Waals surface area contributed by atoms with E-state index < -0.39 is 0 Å². The summed E-state index contributed by atoms with van der Waals surface area (Å²) < 4.78 is 0. The molecule has 0 saturated heterocycles. The molecule has 0 radical (unpaired) electrons. The molecule has 2 aromatic carbocycles. The molecule has 0 aromatic heterocycles. The van der Waals surface area contributed by atoms with Gasteiger partial charge in [0.1, 0.15) is 0 Å². The normalized spacial score (nSPS) is 12.1. The summed E-state index contributed by atoms with van der Waals surface area (Å²) in [6.07, 6.45) is 13.9. The molecule has 2 nitrogen and oxygen atoms in total. The Kier molecular flexibility index (Phi) is 15.8. The molecule has 35 heavy (non-hydrogen) atoms. The maximum Gasteiger partial charge on any atom is 0.0636 e. The number of aliphatic imine (C=N–C) groups is 2. The summed E-state index contributed by atoms with van der Waals surface area (Å²) in [5.41, 5.74) is 10.1. The zero-order chi connectivity index (χ0) is 24.8. The Morgan fingerprint density at radius 2 is 1.14 bits per heavy atom. The van der Waals surface area contributed by atoms with Crippen LogP contribution in [0.25, 0.3) is 0 Å². The Hall–Kier alpha value is -1.73. The predicted octanol–water partition coefficient (Wildman–Crippen LogP) is 10.2. The van der Waals surface area contributed by atoms with Gasteiger partial charge in [0.05, 0.1) is 22.8 Å². The molecule has 0 heterocycles. The van der Waals surface area contributed by atoms with E-state index in [0.29, 0.717) is 0 Å². The molecule has 0 aliphatic rings. The second kappa shape index (κ2) is 17.7. The van der Waals surface area contributed by atoms with E-state index in [-0.39, 0.29) is 16.5 Å². The number of benzene rings is 2. The van der Waals surface area contributed by atoms with Gasteiger partial charge in [0, 0.05) is 16.5 Å². The molecular formula is C32H48N2Ni. The molecule has 196 valence electrons. The topological polar surface area (TPSA) is 24.7 Å². The summed E-state index contributed by atoms with van der Waals surface area (Å²) in [5, 5.41) is 0. The van der Waals surface area contributed by atoms with E-state index >= 15 is 0 Å². The van der Waals surface area contributed by atoms with Crippen LogP contribution in [0.15, 0.2) is 46.4 Å². The summed E-state index contributed by atoms with van der Waals surface area (Å²) in [5.74, 6) is 0. The van der Waals surface area contributed by atoms with Crippen LogP contribution in [0.4, 0.5) is 11.4 Å². The zero-order valence-electron chi connectivity index (χ0n) is 23.2. The molecule has 0 bridgehead atoms. The van der Waals surface area contributed by atoms with Crippen LogP contribution in [0.3, 0.4) is 0 Å². The van der Waals surface area contributed by atoms with E-state index in [1.165, 1.54) is 78.6 Å². The van der Waals surface area contributed by atoms with Crippen LogP contribution in [-0.2, 0) is 29.3 Å². The van der Waals surface area contributed by atoms with Crippen LogP contribution in [0.1, 0.15) is 114 Å². The maximum absolute atomic E-state index is 5.28. The largest absolute Gasteiger partial charge is 0.252 e. The SMILES string of the molecule is CCCCCCC(=N\c1ccc(CCC)c(CCC)c1)/C(CCCC)=N/c1ccc(C)c(C)c1.[Ni]. The van der Waals surface area contributed by atoms with Crippen molar-refractivity contribution in [1.82, 2.24) is 0 Å². The van der Waals surface area contributed by atoms with Crippen LogP contribution in [-0.4, -0.2) is 11.4 Å². The fraction of sp³-hybridized carbons (Fsp3) is 0.562. The first-order valence-electron chi connectivity index (χ1n) is 13.9. The summed E-state index contributed by atoms with van der Waals surface area (Å²) in [7, 11) is 0. The summed E-state index contributed by atoms with van der Waals surface area (Å²) >= 11 is 0. The molecule has 0 aliphatic heterocycles. The number of hydrogen-bond acceptors (Lipinski definition) is 2. The number of unbranched alkanes of at least 4 members (excludes halogenated alkanes) is 4. The molecule has 0 unspecified atom stereocenters. The van der Waals surface area contributed by atoms with Crippen LogP contribution >= 0.6 is 0 Å². The molecule has 0 amide bonds. The molecule has 2 aromatic rings. The summed E-state index contributed by atoms with van der Waals surface area (Å²) in [6.45, 7) is 13.4. The minimum absolute atomic E-state index is 0. The molecule has 2 rings (SSSR count). The van der Waals surface area contributed by atoms with Gasteiger partial charge in [-0.3, -0.25) is 9.98 Å². The number of hydrogen-bond donors (Lipinski definition) is 0. The van der Waals surface area contributed by atoms with Crippen molar-refractivity contribution in [2.75, 3.05) is 0 Å². The molecule has 3 heteroatoms. The third kappa shape index (κ3) is 10.8. The Morgan fingerprint density at radius 3 is 1.74 bits per heavy atom. The number of nitrogens with zero attached hydrogens (tertiary/aromatic N) is 2. The van der Waals surface area contributed by atoms with Gasteiger partial charge in [-0.1, -0.05) is 78.4 Å². The van der Waals surface area contributed by atoms with E-state index in [0.717, 1.165) is 43.5 Å². The van der Waals surface area contributed by atoms with Crippen molar-refractivity contribution in [3.8, 4) is 0 Å². The van der Waals surface area contributed by atoms with Crippen molar-refractivity contribution in [2.24, 2.45) is 9.98 Å². The van der Waals surface area contributed by atoms with Gasteiger partial charge < -0.3 is 0 Å². The van der Waals surface area contributed by atoms with Gasteiger partial charge in [-0.2, -0.15) is 0 Å². The summed E-state index contributed by atoms with van der Waals surface area (Å²) in [6, 6.07) is 13.4. The minimum atomic E-state index is 0. The van der Waals surface area contributed by atoms with Crippen LogP contribution < -0.4 is 0 Å². The van der Waals surface area contributed by atoms with E-state index in [9.17, 15) is 0 Å². The zero-order valence-corrected chi connectivity index (χ0v) is 24.1. The van der Waals surface area contributed by atoms with Gasteiger partial charge in [-0.15, -0.1) is 0 Å². The van der Waals surface area contributed by atoms with Crippen molar-refractivity contribution in [3.05, 3.63) is 58.7 Å². The van der Waals surface area contributed by atoms with Gasteiger partial charge in [0.25, 0.3) is 0 Å². The first-order chi connectivity index (χ1) is 16.5. The van der Waals surface area contributed by atoms with Gasteiger partial charge in [0.15, 0.2) is 0 Å². The molecule has 0 atom stereocenters. The smallest absolute Gasteiger partial charge is 0.0636 e. The minimum Gasteiger partial charge on any atom is -0.252 e. The van der Waals surface area contributed by atoms with Crippen molar-refractivity contribution in [1.29, 1.82) is 0 Å². The monoisotopic (exact) mass is 518 g/mol. The Balaban J connectivity index is 0.00000612. The van der Waals surface area contributed by atoms with Gasteiger partial charge in [-0.25, -0.2) is 0 Å². The second-order valence-electron chi connectivity index (χ2n) is 9.75. The first-order valence-corrected chi connectivity index (χ1v) is 13.9. The average molecular weight is 519 g/mol. The molecule has 0 spiro atoms. The van der Waals surface area contributed by atoms with Crippen molar-refractivity contribution in [2.45, 2.75) is 119 Å². The standard InChI is InChI=1S/C32H48N2.Ni/c1-7-11-13-14-18-32(34-30-22-20-27(15-9-3)28(24-30)16-10-4)31(17-12-8-2)33-29-21-19-25(5)26(6)23-29;/h19-24H,7-18H2,1-6H3;/b33-31+,34-32+;. The van der Waals surface area contributed by atoms with E-state index in [4.69, 9.17) is 9.98 Å². The van der Waals surface area contributed by atoms with Gasteiger partial charge in [-0.05, 0) is 98.9 Å². The molecule has 0 fully saturated rings. The van der Waals surface area contributed by atoms with Crippen molar-refractivity contribution in [3.63, 3.8) is 0 Å². The molecule has 0 N–H and O–H groups in total. The van der Waals surface area contributed by atoms with Gasteiger partial charge in [0.2, 0.25) is 0 Å². The Bertz CT molecular complexity index is 943. The van der Waals surface area contributed by atoms with E-state index in [2.05, 4.69) is 77.9 Å². The fourth-order valence-corrected chi connectivity index (χ4v) is 4.40.